The molecule has 1 aromatic rings. The molecule has 1 heterocycles. The van der Waals surface area contributed by atoms with E-state index in [0.717, 1.165) is 6.07 Å². The summed E-state index contributed by atoms with van der Waals surface area (Å²) in [6.45, 7) is 5.83. The Labute approximate surface area is 134 Å². The lowest BCUT2D eigenvalue weighted by Crippen LogP contribution is -2.50. The predicted molar refractivity (Wildman–Crippen MR) is 83.3 cm³/mol. The first-order chi connectivity index (χ1) is 10.4. The van der Waals surface area contributed by atoms with Gasteiger partial charge in [0.15, 0.2) is 0 Å². The van der Waals surface area contributed by atoms with Crippen molar-refractivity contribution in [3.05, 3.63) is 34.6 Å². The van der Waals surface area contributed by atoms with Crippen LogP contribution in [0.15, 0.2) is 18.2 Å². The van der Waals surface area contributed by atoms with Gasteiger partial charge in [-0.2, -0.15) is 0 Å². The number of rotatable bonds is 3. The molecule has 4 nitrogen and oxygen atoms in total. The summed E-state index contributed by atoms with van der Waals surface area (Å²) in [5, 5.41) is 0.262. The summed E-state index contributed by atoms with van der Waals surface area (Å²) in [5.41, 5.74) is 0.0198. The molecule has 0 aromatic heterocycles. The molecule has 0 unspecified atom stereocenters. The molecule has 0 spiro atoms. The number of amides is 2. The smallest absolute Gasteiger partial charge is 0.256 e. The fourth-order valence-electron chi connectivity index (χ4n) is 2.47. The van der Waals surface area contributed by atoms with Crippen LogP contribution in [0.5, 0.6) is 0 Å². The third-order valence-corrected chi connectivity index (χ3v) is 3.90. The quantitative estimate of drug-likeness (QED) is 0.857. The summed E-state index contributed by atoms with van der Waals surface area (Å²) in [7, 11) is 0. The van der Waals surface area contributed by atoms with Crippen molar-refractivity contribution in [2.45, 2.75) is 20.3 Å². The lowest BCUT2D eigenvalue weighted by molar-refractivity contribution is -0.133. The summed E-state index contributed by atoms with van der Waals surface area (Å²) in [6.07, 6.45) is 0.514. The van der Waals surface area contributed by atoms with Crippen LogP contribution in [0.2, 0.25) is 5.02 Å². The zero-order valence-corrected chi connectivity index (χ0v) is 13.6. The van der Waals surface area contributed by atoms with Gasteiger partial charge in [0.1, 0.15) is 5.82 Å². The van der Waals surface area contributed by atoms with Gasteiger partial charge in [-0.05, 0) is 24.1 Å². The highest BCUT2D eigenvalue weighted by Crippen LogP contribution is 2.17. The number of carbonyl (C=O) groups excluding carboxylic acids is 2. The first-order valence-corrected chi connectivity index (χ1v) is 7.78. The Hall–Kier alpha value is -1.62. The Kier molecular flexibility index (Phi) is 5.40. The number of carbonyl (C=O) groups is 2. The number of benzene rings is 1. The van der Waals surface area contributed by atoms with E-state index in [4.69, 9.17) is 11.6 Å². The minimum atomic E-state index is -0.615. The van der Waals surface area contributed by atoms with Crippen molar-refractivity contribution in [1.29, 1.82) is 0 Å². The van der Waals surface area contributed by atoms with Gasteiger partial charge in [0.25, 0.3) is 5.91 Å². The van der Waals surface area contributed by atoms with Crippen molar-refractivity contribution in [3.8, 4) is 0 Å². The average Bonchev–Trinajstić information content (AvgIpc) is 2.46. The van der Waals surface area contributed by atoms with E-state index in [0.29, 0.717) is 38.5 Å². The number of piperazine rings is 1. The number of hydrogen-bond donors (Lipinski definition) is 0. The van der Waals surface area contributed by atoms with Gasteiger partial charge in [-0.3, -0.25) is 9.59 Å². The van der Waals surface area contributed by atoms with E-state index in [1.54, 1.807) is 9.80 Å². The molecule has 0 N–H and O–H groups in total. The molecular formula is C16H20ClFN2O2. The van der Waals surface area contributed by atoms with E-state index < -0.39 is 5.82 Å². The van der Waals surface area contributed by atoms with Crippen LogP contribution in [0, 0.1) is 11.7 Å². The van der Waals surface area contributed by atoms with Crippen LogP contribution in [0.1, 0.15) is 30.6 Å². The molecule has 0 aliphatic carbocycles. The van der Waals surface area contributed by atoms with E-state index in [9.17, 15) is 14.0 Å². The van der Waals surface area contributed by atoms with Gasteiger partial charge < -0.3 is 9.80 Å². The van der Waals surface area contributed by atoms with Gasteiger partial charge in [-0.1, -0.05) is 25.4 Å². The SMILES string of the molecule is CC(C)CC(=O)N1CCN(C(=O)c2ccc(Cl)cc2F)CC1. The molecule has 2 rings (SSSR count). The van der Waals surface area contributed by atoms with Crippen LogP contribution in [0.4, 0.5) is 4.39 Å². The molecule has 1 aliphatic rings. The first-order valence-electron chi connectivity index (χ1n) is 7.40. The number of hydrogen-bond acceptors (Lipinski definition) is 2. The fraction of sp³-hybridized carbons (Fsp3) is 0.500. The molecule has 1 aromatic carbocycles. The topological polar surface area (TPSA) is 40.6 Å². The van der Waals surface area contributed by atoms with Gasteiger partial charge in [-0.15, -0.1) is 0 Å². The molecule has 2 amide bonds. The molecular weight excluding hydrogens is 307 g/mol. The van der Waals surface area contributed by atoms with Crippen LogP contribution >= 0.6 is 11.6 Å². The van der Waals surface area contributed by atoms with Crippen molar-refractivity contribution >= 4 is 23.4 Å². The second-order valence-electron chi connectivity index (χ2n) is 5.90. The molecule has 1 fully saturated rings. The van der Waals surface area contributed by atoms with E-state index in [-0.39, 0.29) is 22.4 Å². The van der Waals surface area contributed by atoms with Gasteiger partial charge in [0, 0.05) is 37.6 Å². The second-order valence-corrected chi connectivity index (χ2v) is 6.33. The monoisotopic (exact) mass is 326 g/mol. The fourth-order valence-corrected chi connectivity index (χ4v) is 2.63. The van der Waals surface area contributed by atoms with Crippen LogP contribution in [-0.2, 0) is 4.79 Å². The Morgan fingerprint density at radius 1 is 1.18 bits per heavy atom. The van der Waals surface area contributed by atoms with Gasteiger partial charge in [-0.25, -0.2) is 4.39 Å². The third-order valence-electron chi connectivity index (χ3n) is 3.66. The minimum absolute atomic E-state index is 0.0198. The zero-order chi connectivity index (χ0) is 16.3. The molecule has 22 heavy (non-hydrogen) atoms. The average molecular weight is 327 g/mol. The minimum Gasteiger partial charge on any atom is -0.339 e. The van der Waals surface area contributed by atoms with Crippen LogP contribution in [0.3, 0.4) is 0 Å². The Balaban J connectivity index is 1.96. The first kappa shape index (κ1) is 16.7. The molecule has 1 aliphatic heterocycles. The molecule has 0 radical (unpaired) electrons. The summed E-state index contributed by atoms with van der Waals surface area (Å²) in [4.78, 5) is 27.7. The third kappa shape index (κ3) is 3.97. The molecule has 0 atom stereocenters. The molecule has 6 heteroatoms. The largest absolute Gasteiger partial charge is 0.339 e. The summed E-state index contributed by atoms with van der Waals surface area (Å²) < 4.78 is 13.8. The normalized spacial score (nSPS) is 15.3. The number of nitrogens with zero attached hydrogens (tertiary/aromatic N) is 2. The summed E-state index contributed by atoms with van der Waals surface area (Å²) >= 11 is 5.69. The van der Waals surface area contributed by atoms with Crippen molar-refractivity contribution in [1.82, 2.24) is 9.80 Å². The van der Waals surface area contributed by atoms with Gasteiger partial charge >= 0.3 is 0 Å². The van der Waals surface area contributed by atoms with Crippen LogP contribution in [0.25, 0.3) is 0 Å². The molecule has 0 saturated carbocycles. The van der Waals surface area contributed by atoms with Crippen LogP contribution in [-0.4, -0.2) is 47.8 Å². The van der Waals surface area contributed by atoms with E-state index in [1.807, 2.05) is 13.8 Å². The Morgan fingerprint density at radius 2 is 1.77 bits per heavy atom. The highest BCUT2D eigenvalue weighted by atomic mass is 35.5. The Bertz CT molecular complexity index is 569. The molecule has 0 bridgehead atoms. The van der Waals surface area contributed by atoms with Gasteiger partial charge in [0.2, 0.25) is 5.91 Å². The Morgan fingerprint density at radius 3 is 2.32 bits per heavy atom. The highest BCUT2D eigenvalue weighted by molar-refractivity contribution is 6.30. The lowest BCUT2D eigenvalue weighted by atomic mass is 10.1. The maximum Gasteiger partial charge on any atom is 0.256 e. The zero-order valence-electron chi connectivity index (χ0n) is 12.8. The summed E-state index contributed by atoms with van der Waals surface area (Å²) in [5.74, 6) is -0.545. The molecule has 120 valence electrons. The van der Waals surface area contributed by atoms with E-state index in [1.165, 1.54) is 12.1 Å². The van der Waals surface area contributed by atoms with Crippen LogP contribution < -0.4 is 0 Å². The number of halogens is 2. The van der Waals surface area contributed by atoms with E-state index >= 15 is 0 Å². The lowest BCUT2D eigenvalue weighted by Gasteiger charge is -2.35. The molecule has 1 saturated heterocycles. The standard InChI is InChI=1S/C16H20ClFN2O2/c1-11(2)9-15(21)19-5-7-20(8-6-19)16(22)13-4-3-12(17)10-14(13)18/h3-4,10-11H,5-9H2,1-2H3. The van der Waals surface area contributed by atoms with Crippen molar-refractivity contribution < 1.29 is 14.0 Å². The van der Waals surface area contributed by atoms with Crippen molar-refractivity contribution in [2.24, 2.45) is 5.92 Å². The van der Waals surface area contributed by atoms with Crippen molar-refractivity contribution in [3.63, 3.8) is 0 Å². The predicted octanol–water partition coefficient (Wildman–Crippen LogP) is 2.81. The highest BCUT2D eigenvalue weighted by Gasteiger charge is 2.26. The van der Waals surface area contributed by atoms with Gasteiger partial charge in [0.05, 0.1) is 5.56 Å². The van der Waals surface area contributed by atoms with Crippen molar-refractivity contribution in [2.75, 3.05) is 26.2 Å². The summed E-state index contributed by atoms with van der Waals surface area (Å²) in [6, 6.07) is 4.04. The van der Waals surface area contributed by atoms with E-state index in [2.05, 4.69) is 0 Å². The second kappa shape index (κ2) is 7.09. The maximum absolute atomic E-state index is 13.8. The maximum atomic E-state index is 13.8.